The van der Waals surface area contributed by atoms with Crippen LogP contribution in [0.5, 0.6) is 5.75 Å². The minimum absolute atomic E-state index is 0.0177. The number of ether oxygens (including phenoxy) is 1. The van der Waals surface area contributed by atoms with Crippen LogP contribution in [-0.4, -0.2) is 10.3 Å². The highest BCUT2D eigenvalue weighted by molar-refractivity contribution is 5.79. The molecule has 0 radical (unpaired) electrons. The topological polar surface area (TPSA) is 61.3 Å². The molecule has 2 aromatic heterocycles. The molecule has 2 aromatic carbocycles. The lowest BCUT2D eigenvalue weighted by atomic mass is 9.99. The minimum atomic E-state index is -4.70. The van der Waals surface area contributed by atoms with Crippen molar-refractivity contribution in [2.75, 3.05) is 0 Å². The van der Waals surface area contributed by atoms with Crippen molar-refractivity contribution in [3.8, 4) is 39.8 Å². The van der Waals surface area contributed by atoms with Gasteiger partial charge in [-0.15, -0.1) is 0 Å². The van der Waals surface area contributed by atoms with E-state index in [0.717, 1.165) is 0 Å². The Hall–Kier alpha value is -3.55. The number of hydrogen-bond acceptors (Lipinski definition) is 5. The van der Waals surface area contributed by atoms with Gasteiger partial charge >= 0.3 is 6.18 Å². The molecular weight excluding hydrogens is 373 g/mol. The summed E-state index contributed by atoms with van der Waals surface area (Å²) in [6.45, 7) is 0.0177. The van der Waals surface area contributed by atoms with E-state index < -0.39 is 17.5 Å². The van der Waals surface area contributed by atoms with E-state index in [2.05, 4.69) is 10.3 Å². The summed E-state index contributed by atoms with van der Waals surface area (Å²) in [4.78, 5) is 0. The molecule has 0 amide bonds. The van der Waals surface area contributed by atoms with Crippen LogP contribution in [0.2, 0.25) is 0 Å². The number of rotatable bonds is 2. The molecule has 28 heavy (non-hydrogen) atoms. The van der Waals surface area contributed by atoms with Gasteiger partial charge in [0.15, 0.2) is 0 Å². The normalized spacial score (nSPS) is 13.0. The maximum absolute atomic E-state index is 13.9. The molecule has 1 aliphatic rings. The van der Waals surface area contributed by atoms with E-state index in [-0.39, 0.29) is 18.1 Å². The fourth-order valence-corrected chi connectivity index (χ4v) is 3.27. The third-order valence-electron chi connectivity index (χ3n) is 4.53. The van der Waals surface area contributed by atoms with Crippen LogP contribution in [0.15, 0.2) is 63.6 Å². The van der Waals surface area contributed by atoms with Gasteiger partial charge in [0.05, 0.1) is 5.56 Å². The summed E-state index contributed by atoms with van der Waals surface area (Å²) < 4.78 is 57.7. The highest BCUT2D eigenvalue weighted by atomic mass is 19.4. The third kappa shape index (κ3) is 2.49. The maximum atomic E-state index is 13.9. The van der Waals surface area contributed by atoms with E-state index in [0.29, 0.717) is 28.1 Å². The number of fused-ring (bicyclic) bond motifs is 3. The second-order valence-corrected chi connectivity index (χ2v) is 6.22. The number of hydrogen-bond donors (Lipinski definition) is 0. The molecular formula is C20H11F3N2O3. The van der Waals surface area contributed by atoms with E-state index in [1.165, 1.54) is 12.1 Å². The molecule has 0 saturated carbocycles. The predicted molar refractivity (Wildman–Crippen MR) is 92.2 cm³/mol. The minimum Gasteiger partial charge on any atom is -0.488 e. The zero-order valence-electron chi connectivity index (χ0n) is 14.2. The maximum Gasteiger partial charge on any atom is 0.422 e. The number of para-hydroxylation sites is 1. The summed E-state index contributed by atoms with van der Waals surface area (Å²) >= 11 is 0. The summed E-state index contributed by atoms with van der Waals surface area (Å²) in [5, 5.41) is 7.65. The van der Waals surface area contributed by atoms with Crippen LogP contribution in [-0.2, 0) is 12.8 Å². The van der Waals surface area contributed by atoms with Gasteiger partial charge in [0.2, 0.25) is 11.5 Å². The standard InChI is InChI=1S/C20H11F3N2O3/c21-20(22,23)15-16(11-6-2-1-3-7-11)24-28-19(15)18-13-10-26-14-9-5-4-8-12(14)17(13)25-27-18/h1-9H,10H2. The fraction of sp³-hybridized carbons (Fsp3) is 0.100. The molecule has 0 aliphatic carbocycles. The molecule has 3 heterocycles. The quantitative estimate of drug-likeness (QED) is 0.452. The van der Waals surface area contributed by atoms with Crippen molar-refractivity contribution in [2.24, 2.45) is 0 Å². The molecule has 8 heteroatoms. The molecule has 5 rings (SSSR count). The van der Waals surface area contributed by atoms with E-state index >= 15 is 0 Å². The Kier molecular flexibility index (Phi) is 3.55. The third-order valence-corrected chi connectivity index (χ3v) is 4.53. The van der Waals surface area contributed by atoms with Crippen LogP contribution < -0.4 is 4.74 Å². The average molecular weight is 384 g/mol. The van der Waals surface area contributed by atoms with Crippen LogP contribution in [0, 0.1) is 0 Å². The first kappa shape index (κ1) is 16.6. The number of halogens is 3. The molecule has 0 bridgehead atoms. The zero-order chi connectivity index (χ0) is 19.3. The van der Waals surface area contributed by atoms with Gasteiger partial charge in [-0.1, -0.05) is 52.8 Å². The molecule has 0 unspecified atom stereocenters. The first-order valence-electron chi connectivity index (χ1n) is 8.37. The van der Waals surface area contributed by atoms with Gasteiger partial charge in [-0.3, -0.25) is 0 Å². The van der Waals surface area contributed by atoms with Crippen molar-refractivity contribution in [3.05, 3.63) is 65.7 Å². The molecule has 0 fully saturated rings. The van der Waals surface area contributed by atoms with Gasteiger partial charge in [-0.25, -0.2) is 0 Å². The first-order valence-corrected chi connectivity index (χ1v) is 8.37. The van der Waals surface area contributed by atoms with Crippen LogP contribution in [0.3, 0.4) is 0 Å². The summed E-state index contributed by atoms with van der Waals surface area (Å²) in [5.74, 6) is -0.0527. The predicted octanol–water partition coefficient (Wildman–Crippen LogP) is 5.57. The van der Waals surface area contributed by atoms with Crippen molar-refractivity contribution in [3.63, 3.8) is 0 Å². The lowest BCUT2D eigenvalue weighted by Crippen LogP contribution is -2.09. The molecule has 4 aromatic rings. The Morgan fingerprint density at radius 1 is 0.786 bits per heavy atom. The Morgan fingerprint density at radius 3 is 2.25 bits per heavy atom. The number of alkyl halides is 3. The average Bonchev–Trinajstić information content (AvgIpc) is 3.32. The zero-order valence-corrected chi connectivity index (χ0v) is 14.2. The summed E-state index contributed by atoms with van der Waals surface area (Å²) in [6, 6.07) is 15.1. The fourth-order valence-electron chi connectivity index (χ4n) is 3.27. The van der Waals surface area contributed by atoms with E-state index in [9.17, 15) is 13.2 Å². The van der Waals surface area contributed by atoms with Gasteiger partial charge in [-0.2, -0.15) is 13.2 Å². The summed E-state index contributed by atoms with van der Waals surface area (Å²) in [5.41, 5.74) is 0.458. The van der Waals surface area contributed by atoms with Gasteiger partial charge in [0, 0.05) is 11.1 Å². The molecule has 0 atom stereocenters. The number of aromatic nitrogens is 2. The Labute approximate surface area is 156 Å². The van der Waals surface area contributed by atoms with Crippen molar-refractivity contribution in [1.82, 2.24) is 10.3 Å². The Balaban J connectivity index is 1.71. The lowest BCUT2D eigenvalue weighted by molar-refractivity contribution is -0.136. The van der Waals surface area contributed by atoms with Crippen LogP contribution in [0.1, 0.15) is 11.1 Å². The molecule has 140 valence electrons. The van der Waals surface area contributed by atoms with Crippen molar-refractivity contribution >= 4 is 0 Å². The molecule has 0 spiro atoms. The SMILES string of the molecule is FC(F)(F)c1c(-c2ccccc2)noc1-c1onc2c1COc1ccccc1-2. The number of benzene rings is 2. The van der Waals surface area contributed by atoms with Crippen molar-refractivity contribution in [2.45, 2.75) is 12.8 Å². The second kappa shape index (κ2) is 5.98. The second-order valence-electron chi connectivity index (χ2n) is 6.22. The van der Waals surface area contributed by atoms with Crippen LogP contribution in [0.4, 0.5) is 13.2 Å². The Bertz CT molecular complexity index is 1160. The molecule has 0 N–H and O–H groups in total. The lowest BCUT2D eigenvalue weighted by Gasteiger charge is -2.16. The van der Waals surface area contributed by atoms with E-state index in [4.69, 9.17) is 13.8 Å². The van der Waals surface area contributed by atoms with Gasteiger partial charge in [-0.05, 0) is 12.1 Å². The van der Waals surface area contributed by atoms with Crippen molar-refractivity contribution < 1.29 is 27.0 Å². The summed E-state index contributed by atoms with van der Waals surface area (Å²) in [7, 11) is 0. The molecule has 1 aliphatic heterocycles. The Morgan fingerprint density at radius 2 is 1.46 bits per heavy atom. The first-order chi connectivity index (χ1) is 13.5. The largest absolute Gasteiger partial charge is 0.488 e. The smallest absolute Gasteiger partial charge is 0.422 e. The summed E-state index contributed by atoms with van der Waals surface area (Å²) in [6.07, 6.45) is -4.70. The van der Waals surface area contributed by atoms with Crippen LogP contribution >= 0.6 is 0 Å². The van der Waals surface area contributed by atoms with Gasteiger partial charge in [0.1, 0.15) is 29.3 Å². The van der Waals surface area contributed by atoms with Crippen LogP contribution in [0.25, 0.3) is 34.0 Å². The monoisotopic (exact) mass is 384 g/mol. The molecule has 0 saturated heterocycles. The number of nitrogens with zero attached hydrogens (tertiary/aromatic N) is 2. The van der Waals surface area contributed by atoms with Crippen molar-refractivity contribution in [1.29, 1.82) is 0 Å². The highest BCUT2D eigenvalue weighted by Crippen LogP contribution is 2.47. The van der Waals surface area contributed by atoms with Gasteiger partial charge < -0.3 is 13.8 Å². The van der Waals surface area contributed by atoms with Gasteiger partial charge in [0.25, 0.3) is 0 Å². The van der Waals surface area contributed by atoms with E-state index in [1.54, 1.807) is 42.5 Å². The highest BCUT2D eigenvalue weighted by Gasteiger charge is 2.43. The van der Waals surface area contributed by atoms with E-state index in [1.807, 2.05) is 0 Å². The molecule has 5 nitrogen and oxygen atoms in total.